The number of hydrogen-bond donors (Lipinski definition) is 2. The highest BCUT2D eigenvalue weighted by Crippen LogP contribution is 2.38. The lowest BCUT2D eigenvalue weighted by molar-refractivity contribution is -0.192. The van der Waals surface area contributed by atoms with E-state index in [4.69, 9.17) is 14.6 Å². The SMILES string of the molecule is CC(=O)c1ccc(-c2c(OC3CCNCC3)ccc3cnccc23)cc1.O=C(O)C(F)(F)F. The number of benzene rings is 2. The van der Waals surface area contributed by atoms with E-state index in [2.05, 4.69) is 16.4 Å². The fraction of sp³-hybridized carbons (Fsp3) is 0.292. The Kier molecular flexibility index (Phi) is 7.65. The summed E-state index contributed by atoms with van der Waals surface area (Å²) >= 11 is 0. The molecule has 0 saturated carbocycles. The van der Waals surface area contributed by atoms with Gasteiger partial charge in [-0.1, -0.05) is 24.3 Å². The average Bonchev–Trinajstić information content (AvgIpc) is 2.79. The van der Waals surface area contributed by atoms with Gasteiger partial charge in [-0.15, -0.1) is 0 Å². The molecule has 0 unspecified atom stereocenters. The van der Waals surface area contributed by atoms with E-state index >= 15 is 0 Å². The van der Waals surface area contributed by atoms with Crippen LogP contribution < -0.4 is 10.1 Å². The van der Waals surface area contributed by atoms with Gasteiger partial charge in [0, 0.05) is 28.9 Å². The smallest absolute Gasteiger partial charge is 0.490 e. The molecule has 9 heteroatoms. The molecule has 2 N–H and O–H groups in total. The van der Waals surface area contributed by atoms with E-state index in [0.29, 0.717) is 0 Å². The summed E-state index contributed by atoms with van der Waals surface area (Å²) in [6.45, 7) is 3.57. The van der Waals surface area contributed by atoms with E-state index in [-0.39, 0.29) is 11.9 Å². The number of Topliss-reactive ketones (excluding diaryl/α,β-unsaturated/α-hetero) is 1. The molecule has 1 aromatic heterocycles. The molecule has 0 amide bonds. The van der Waals surface area contributed by atoms with Crippen molar-refractivity contribution in [2.45, 2.75) is 32.0 Å². The summed E-state index contributed by atoms with van der Waals surface area (Å²) in [5.74, 6) is -1.79. The number of carboxylic acid groups (broad SMARTS) is 1. The third-order valence-corrected chi connectivity index (χ3v) is 5.18. The van der Waals surface area contributed by atoms with Gasteiger partial charge in [-0.05, 0) is 62.0 Å². The molecule has 0 atom stereocenters. The number of halogens is 3. The molecular formula is C24H23F3N2O4. The fourth-order valence-electron chi connectivity index (χ4n) is 3.51. The molecule has 33 heavy (non-hydrogen) atoms. The molecule has 2 aromatic carbocycles. The normalized spacial score (nSPS) is 14.3. The molecule has 4 rings (SSSR count). The van der Waals surface area contributed by atoms with Crippen molar-refractivity contribution in [3.8, 4) is 16.9 Å². The van der Waals surface area contributed by atoms with Gasteiger partial charge in [0.1, 0.15) is 11.9 Å². The van der Waals surface area contributed by atoms with Crippen molar-refractivity contribution in [3.05, 3.63) is 60.4 Å². The number of nitrogens with one attached hydrogen (secondary N) is 1. The number of aromatic nitrogens is 1. The number of carboxylic acids is 1. The lowest BCUT2D eigenvalue weighted by Gasteiger charge is -2.25. The van der Waals surface area contributed by atoms with Crippen molar-refractivity contribution in [2.24, 2.45) is 0 Å². The van der Waals surface area contributed by atoms with Crippen LogP contribution in [0.15, 0.2) is 54.9 Å². The first-order valence-corrected chi connectivity index (χ1v) is 10.3. The van der Waals surface area contributed by atoms with Crippen LogP contribution in [-0.2, 0) is 4.79 Å². The molecule has 0 aliphatic carbocycles. The predicted molar refractivity (Wildman–Crippen MR) is 117 cm³/mol. The summed E-state index contributed by atoms with van der Waals surface area (Å²) in [7, 11) is 0. The number of carbonyl (C=O) groups is 2. The van der Waals surface area contributed by atoms with Crippen molar-refractivity contribution < 1.29 is 32.6 Å². The van der Waals surface area contributed by atoms with Crippen molar-refractivity contribution >= 4 is 22.5 Å². The van der Waals surface area contributed by atoms with Gasteiger partial charge in [-0.3, -0.25) is 9.78 Å². The quantitative estimate of drug-likeness (QED) is 0.540. The minimum Gasteiger partial charge on any atom is -0.490 e. The van der Waals surface area contributed by atoms with Gasteiger partial charge in [0.15, 0.2) is 5.78 Å². The molecule has 174 valence electrons. The molecule has 1 aliphatic rings. The minimum atomic E-state index is -5.08. The molecule has 3 aromatic rings. The highest BCUT2D eigenvalue weighted by atomic mass is 19.4. The third-order valence-electron chi connectivity index (χ3n) is 5.18. The van der Waals surface area contributed by atoms with Gasteiger partial charge in [-0.25, -0.2) is 4.79 Å². The zero-order chi connectivity index (χ0) is 24.0. The lowest BCUT2D eigenvalue weighted by Crippen LogP contribution is -2.34. The largest absolute Gasteiger partial charge is 0.490 e. The Labute approximate surface area is 188 Å². The van der Waals surface area contributed by atoms with E-state index in [9.17, 15) is 18.0 Å². The number of ether oxygens (including phenoxy) is 1. The number of pyridine rings is 1. The first-order valence-electron chi connectivity index (χ1n) is 10.3. The zero-order valence-corrected chi connectivity index (χ0v) is 17.9. The van der Waals surface area contributed by atoms with Crippen LogP contribution in [0.5, 0.6) is 5.75 Å². The average molecular weight is 460 g/mol. The molecule has 2 heterocycles. The number of rotatable bonds is 4. The van der Waals surface area contributed by atoms with Gasteiger partial charge >= 0.3 is 12.1 Å². The predicted octanol–water partition coefficient (Wildman–Crippen LogP) is 4.87. The zero-order valence-electron chi connectivity index (χ0n) is 17.9. The van der Waals surface area contributed by atoms with Crippen LogP contribution in [0.4, 0.5) is 13.2 Å². The number of carbonyl (C=O) groups excluding carboxylic acids is 1. The fourth-order valence-corrected chi connectivity index (χ4v) is 3.51. The maximum atomic E-state index is 11.6. The summed E-state index contributed by atoms with van der Waals surface area (Å²) in [5.41, 5.74) is 2.84. The molecule has 6 nitrogen and oxygen atoms in total. The number of piperidine rings is 1. The van der Waals surface area contributed by atoms with Gasteiger partial charge in [0.05, 0.1) is 0 Å². The van der Waals surface area contributed by atoms with Crippen molar-refractivity contribution in [1.29, 1.82) is 0 Å². The molecular weight excluding hydrogens is 437 g/mol. The van der Waals surface area contributed by atoms with Crippen LogP contribution in [0.2, 0.25) is 0 Å². The van der Waals surface area contributed by atoms with Crippen LogP contribution in [0.3, 0.4) is 0 Å². The van der Waals surface area contributed by atoms with E-state index in [1.807, 2.05) is 48.8 Å². The summed E-state index contributed by atoms with van der Waals surface area (Å²) in [5, 5.41) is 12.7. The van der Waals surface area contributed by atoms with Gasteiger partial charge in [0.2, 0.25) is 0 Å². The monoisotopic (exact) mass is 460 g/mol. The highest BCUT2D eigenvalue weighted by molar-refractivity contribution is 6.00. The third kappa shape index (κ3) is 6.29. The van der Waals surface area contributed by atoms with Gasteiger partial charge < -0.3 is 15.2 Å². The Hall–Kier alpha value is -3.46. The van der Waals surface area contributed by atoms with Gasteiger partial charge in [-0.2, -0.15) is 13.2 Å². The summed E-state index contributed by atoms with van der Waals surface area (Å²) in [6, 6.07) is 13.9. The molecule has 1 aliphatic heterocycles. The first-order chi connectivity index (χ1) is 15.7. The molecule has 0 radical (unpaired) electrons. The molecule has 0 spiro atoms. The second-order valence-corrected chi connectivity index (χ2v) is 7.54. The Bertz CT molecular complexity index is 1120. The maximum absolute atomic E-state index is 11.6. The van der Waals surface area contributed by atoms with Crippen LogP contribution in [0.25, 0.3) is 21.9 Å². The van der Waals surface area contributed by atoms with E-state index in [1.165, 1.54) is 0 Å². The van der Waals surface area contributed by atoms with Crippen molar-refractivity contribution in [1.82, 2.24) is 10.3 Å². The highest BCUT2D eigenvalue weighted by Gasteiger charge is 2.38. The van der Waals surface area contributed by atoms with Crippen LogP contribution >= 0.6 is 0 Å². The van der Waals surface area contributed by atoms with Crippen molar-refractivity contribution in [3.63, 3.8) is 0 Å². The first kappa shape index (κ1) is 24.2. The second kappa shape index (κ2) is 10.4. The Morgan fingerprint density at radius 3 is 2.27 bits per heavy atom. The number of fused-ring (bicyclic) bond motifs is 1. The lowest BCUT2D eigenvalue weighted by atomic mass is 9.96. The topological polar surface area (TPSA) is 88.5 Å². The van der Waals surface area contributed by atoms with Crippen LogP contribution in [0.1, 0.15) is 30.1 Å². The van der Waals surface area contributed by atoms with Gasteiger partial charge in [0.25, 0.3) is 0 Å². The van der Waals surface area contributed by atoms with Crippen LogP contribution in [-0.4, -0.2) is 47.2 Å². The van der Waals surface area contributed by atoms with E-state index < -0.39 is 12.1 Å². The molecule has 1 saturated heterocycles. The Balaban J connectivity index is 0.000000383. The molecule has 0 bridgehead atoms. The standard InChI is InChI=1S/C22H22N2O2.C2HF3O2/c1-15(25)16-2-4-17(5-3-16)22-20-10-13-24-14-18(20)6-7-21(22)26-19-8-11-23-12-9-19;3-2(4,5)1(6)7/h2-7,10,13-14,19,23H,8-9,11-12H2,1H3;(H,6,7). The Morgan fingerprint density at radius 2 is 1.70 bits per heavy atom. The number of aliphatic carboxylic acids is 1. The second-order valence-electron chi connectivity index (χ2n) is 7.54. The summed E-state index contributed by atoms with van der Waals surface area (Å²) in [6.07, 6.45) is 0.848. The van der Waals surface area contributed by atoms with Crippen LogP contribution in [0, 0.1) is 0 Å². The van der Waals surface area contributed by atoms with Crippen molar-refractivity contribution in [2.75, 3.05) is 13.1 Å². The van der Waals surface area contributed by atoms with E-state index in [1.54, 1.807) is 6.92 Å². The summed E-state index contributed by atoms with van der Waals surface area (Å²) in [4.78, 5) is 24.7. The molecule has 1 fully saturated rings. The number of alkyl halides is 3. The summed E-state index contributed by atoms with van der Waals surface area (Å²) < 4.78 is 38.1. The van der Waals surface area contributed by atoms with E-state index in [0.717, 1.165) is 59.1 Å². The number of nitrogens with zero attached hydrogens (tertiary/aromatic N) is 1. The maximum Gasteiger partial charge on any atom is 0.490 e. The number of hydrogen-bond acceptors (Lipinski definition) is 5. The minimum absolute atomic E-state index is 0.0739. The number of ketones is 1. The Morgan fingerprint density at radius 1 is 1.06 bits per heavy atom.